The number of benzene rings is 1. The van der Waals surface area contributed by atoms with E-state index in [2.05, 4.69) is 21.2 Å². The molecule has 0 aliphatic rings. The second kappa shape index (κ2) is 8.40. The standard InChI is InChI=1S/C14H18BrF2NO/c1-10(4-3-7-18-8-9-19-2)13-12(16)6-5-11(15)14(13)17/h4-6,18H,3,7-9H2,1-2H3/b10-4-. The molecule has 0 atom stereocenters. The van der Waals surface area contributed by atoms with Gasteiger partial charge in [-0.25, -0.2) is 8.78 Å². The van der Waals surface area contributed by atoms with Gasteiger partial charge in [0.2, 0.25) is 0 Å². The normalized spacial score (nSPS) is 11.9. The van der Waals surface area contributed by atoms with Crippen molar-refractivity contribution in [3.63, 3.8) is 0 Å². The summed E-state index contributed by atoms with van der Waals surface area (Å²) in [6.07, 6.45) is 2.54. The fraction of sp³-hybridized carbons (Fsp3) is 0.429. The summed E-state index contributed by atoms with van der Waals surface area (Å²) in [5.74, 6) is -1.09. The molecule has 0 saturated carbocycles. The van der Waals surface area contributed by atoms with Crippen LogP contribution in [0.25, 0.3) is 5.57 Å². The highest BCUT2D eigenvalue weighted by atomic mass is 79.9. The van der Waals surface area contributed by atoms with Crippen molar-refractivity contribution in [3.8, 4) is 0 Å². The molecule has 0 radical (unpaired) electrons. The molecule has 0 fully saturated rings. The van der Waals surface area contributed by atoms with Crippen LogP contribution in [0.3, 0.4) is 0 Å². The SMILES string of the molecule is COCCNCC/C=C(/C)c1c(F)ccc(Br)c1F. The van der Waals surface area contributed by atoms with Crippen molar-refractivity contribution in [3.05, 3.63) is 39.9 Å². The molecule has 2 nitrogen and oxygen atoms in total. The van der Waals surface area contributed by atoms with Crippen LogP contribution in [0, 0.1) is 11.6 Å². The number of methoxy groups -OCH3 is 1. The van der Waals surface area contributed by atoms with Crippen LogP contribution in [-0.2, 0) is 4.74 Å². The van der Waals surface area contributed by atoms with E-state index < -0.39 is 11.6 Å². The van der Waals surface area contributed by atoms with Gasteiger partial charge in [0.25, 0.3) is 0 Å². The number of hydrogen-bond donors (Lipinski definition) is 1. The maximum atomic E-state index is 13.8. The third kappa shape index (κ3) is 5.01. The first-order valence-corrected chi connectivity index (χ1v) is 6.87. The number of allylic oxidation sites excluding steroid dienone is 1. The van der Waals surface area contributed by atoms with Crippen molar-refractivity contribution in [1.29, 1.82) is 0 Å². The molecule has 5 heteroatoms. The molecule has 106 valence electrons. The quantitative estimate of drug-likeness (QED) is 0.606. The number of ether oxygens (including phenoxy) is 1. The molecule has 1 aromatic carbocycles. The average Bonchev–Trinajstić information content (AvgIpc) is 2.38. The van der Waals surface area contributed by atoms with Gasteiger partial charge in [-0.3, -0.25) is 0 Å². The Morgan fingerprint density at radius 1 is 1.37 bits per heavy atom. The molecule has 0 aliphatic heterocycles. The zero-order valence-electron chi connectivity index (χ0n) is 11.1. The molecule has 1 aromatic rings. The van der Waals surface area contributed by atoms with E-state index in [4.69, 9.17) is 4.74 Å². The Morgan fingerprint density at radius 2 is 2.11 bits per heavy atom. The molecular weight excluding hydrogens is 316 g/mol. The van der Waals surface area contributed by atoms with E-state index >= 15 is 0 Å². The second-order valence-corrected chi connectivity index (χ2v) is 4.99. The van der Waals surface area contributed by atoms with Gasteiger partial charge in [-0.2, -0.15) is 0 Å². The highest BCUT2D eigenvalue weighted by molar-refractivity contribution is 9.10. The highest BCUT2D eigenvalue weighted by Gasteiger charge is 2.13. The molecule has 0 bridgehead atoms. The second-order valence-electron chi connectivity index (χ2n) is 4.14. The van der Waals surface area contributed by atoms with Crippen LogP contribution < -0.4 is 5.32 Å². The summed E-state index contributed by atoms with van der Waals surface area (Å²) in [7, 11) is 1.64. The Morgan fingerprint density at radius 3 is 2.79 bits per heavy atom. The Bertz CT molecular complexity index is 449. The minimum absolute atomic E-state index is 0.0336. The van der Waals surface area contributed by atoms with Gasteiger partial charge in [-0.05, 0) is 53.5 Å². The highest BCUT2D eigenvalue weighted by Crippen LogP contribution is 2.27. The van der Waals surface area contributed by atoms with E-state index in [9.17, 15) is 8.78 Å². The lowest BCUT2D eigenvalue weighted by molar-refractivity contribution is 0.199. The van der Waals surface area contributed by atoms with Crippen molar-refractivity contribution in [2.24, 2.45) is 0 Å². The zero-order chi connectivity index (χ0) is 14.3. The molecule has 1 rings (SSSR count). The predicted octanol–water partition coefficient (Wildman–Crippen LogP) is 3.76. The van der Waals surface area contributed by atoms with E-state index in [1.165, 1.54) is 12.1 Å². The van der Waals surface area contributed by atoms with Crippen molar-refractivity contribution < 1.29 is 13.5 Å². The summed E-state index contributed by atoms with van der Waals surface area (Å²) in [6, 6.07) is 2.63. The van der Waals surface area contributed by atoms with Gasteiger partial charge in [0.05, 0.1) is 11.1 Å². The van der Waals surface area contributed by atoms with E-state index in [1.54, 1.807) is 14.0 Å². The predicted molar refractivity (Wildman–Crippen MR) is 77.1 cm³/mol. The molecule has 0 spiro atoms. The number of rotatable bonds is 7. The topological polar surface area (TPSA) is 21.3 Å². The van der Waals surface area contributed by atoms with Gasteiger partial charge in [0.1, 0.15) is 11.6 Å². The van der Waals surface area contributed by atoms with Crippen LogP contribution in [0.15, 0.2) is 22.7 Å². The summed E-state index contributed by atoms with van der Waals surface area (Å²) < 4.78 is 32.6. The lowest BCUT2D eigenvalue weighted by Gasteiger charge is -2.07. The molecule has 0 aromatic heterocycles. The minimum atomic E-state index is -0.555. The lowest BCUT2D eigenvalue weighted by Crippen LogP contribution is -2.19. The van der Waals surface area contributed by atoms with Gasteiger partial charge >= 0.3 is 0 Å². The summed E-state index contributed by atoms with van der Waals surface area (Å²) in [4.78, 5) is 0. The molecule has 0 aliphatic carbocycles. The van der Waals surface area contributed by atoms with Gasteiger partial charge < -0.3 is 10.1 Å². The first-order valence-electron chi connectivity index (χ1n) is 6.08. The fourth-order valence-corrected chi connectivity index (χ4v) is 2.01. The smallest absolute Gasteiger partial charge is 0.147 e. The third-order valence-electron chi connectivity index (χ3n) is 2.69. The summed E-state index contributed by atoms with van der Waals surface area (Å²) in [6.45, 7) is 3.88. The first-order chi connectivity index (χ1) is 9.07. The average molecular weight is 334 g/mol. The molecule has 0 unspecified atom stereocenters. The number of halogens is 3. The summed E-state index contributed by atoms with van der Waals surface area (Å²) in [5.41, 5.74) is 0.635. The molecule has 1 N–H and O–H groups in total. The van der Waals surface area contributed by atoms with Gasteiger partial charge in [0, 0.05) is 19.2 Å². The molecule has 0 heterocycles. The van der Waals surface area contributed by atoms with Crippen molar-refractivity contribution in [1.82, 2.24) is 5.32 Å². The Labute approximate surface area is 121 Å². The number of hydrogen-bond acceptors (Lipinski definition) is 2. The van der Waals surface area contributed by atoms with E-state index in [0.717, 1.165) is 13.1 Å². The Hall–Kier alpha value is -0.780. The third-order valence-corrected chi connectivity index (χ3v) is 3.31. The van der Waals surface area contributed by atoms with E-state index in [-0.39, 0.29) is 10.0 Å². The molecule has 0 amide bonds. The lowest BCUT2D eigenvalue weighted by atomic mass is 10.1. The van der Waals surface area contributed by atoms with E-state index in [1.807, 2.05) is 6.08 Å². The Balaban J connectivity index is 2.62. The van der Waals surface area contributed by atoms with E-state index in [0.29, 0.717) is 18.6 Å². The largest absolute Gasteiger partial charge is 0.383 e. The molecular formula is C14H18BrF2NO. The van der Waals surface area contributed by atoms with Crippen LogP contribution in [0.2, 0.25) is 0 Å². The minimum Gasteiger partial charge on any atom is -0.383 e. The molecule has 19 heavy (non-hydrogen) atoms. The van der Waals surface area contributed by atoms with Gasteiger partial charge in [-0.1, -0.05) is 6.08 Å². The molecule has 0 saturated heterocycles. The van der Waals surface area contributed by atoms with Crippen LogP contribution in [0.4, 0.5) is 8.78 Å². The van der Waals surface area contributed by atoms with Crippen LogP contribution in [0.1, 0.15) is 18.9 Å². The number of nitrogens with one attached hydrogen (secondary N) is 1. The van der Waals surface area contributed by atoms with Crippen LogP contribution in [-0.4, -0.2) is 26.8 Å². The Kier molecular flexibility index (Phi) is 7.20. The monoisotopic (exact) mass is 333 g/mol. The zero-order valence-corrected chi connectivity index (χ0v) is 12.7. The van der Waals surface area contributed by atoms with Crippen LogP contribution in [0.5, 0.6) is 0 Å². The summed E-state index contributed by atoms with van der Waals surface area (Å²) in [5, 5.41) is 3.17. The first kappa shape index (κ1) is 16.3. The fourth-order valence-electron chi connectivity index (χ4n) is 1.68. The maximum Gasteiger partial charge on any atom is 0.147 e. The van der Waals surface area contributed by atoms with Crippen molar-refractivity contribution >= 4 is 21.5 Å². The summed E-state index contributed by atoms with van der Waals surface area (Å²) >= 11 is 3.06. The van der Waals surface area contributed by atoms with Crippen LogP contribution >= 0.6 is 15.9 Å². The van der Waals surface area contributed by atoms with Gasteiger partial charge in [0.15, 0.2) is 0 Å². The van der Waals surface area contributed by atoms with Crippen molar-refractivity contribution in [2.45, 2.75) is 13.3 Å². The van der Waals surface area contributed by atoms with Crippen molar-refractivity contribution in [2.75, 3.05) is 26.8 Å². The van der Waals surface area contributed by atoms with Gasteiger partial charge in [-0.15, -0.1) is 0 Å². The maximum absolute atomic E-state index is 13.8.